The number of carbonyl (C=O) groups is 2. The molecule has 35 heavy (non-hydrogen) atoms. The monoisotopic (exact) mass is 480 g/mol. The Bertz CT molecular complexity index is 1110. The number of ether oxygens (including phenoxy) is 1. The number of nitrogens with zero attached hydrogens (tertiary/aromatic N) is 2. The third-order valence-corrected chi connectivity index (χ3v) is 5.82. The molecule has 0 spiro atoms. The topological polar surface area (TPSA) is 92.9 Å². The molecule has 1 aliphatic rings. The van der Waals surface area contributed by atoms with E-state index in [1.807, 2.05) is 52.0 Å². The van der Waals surface area contributed by atoms with E-state index < -0.39 is 12.0 Å². The summed E-state index contributed by atoms with van der Waals surface area (Å²) in [5.74, 6) is 0.573. The number of hydrogen-bond acceptors (Lipinski definition) is 5. The van der Waals surface area contributed by atoms with Crippen LogP contribution in [0, 0.1) is 12.3 Å². The number of carboxylic acid groups (broad SMARTS) is 1. The molecule has 1 aromatic carbocycles. The standard InChI is InChI=1S/C28H36N2O5/c1-6-7-8-9-24-29-23(19(2)35-24)14-17-34-21-11-10-20-13-16-30(25(31)12-15-28(3,4)5)26(27(32)33)22(20)18-21/h8-12,15,18,26H,6-7,13-14,16-17H2,1-5H3,(H,32,33). The first-order valence-corrected chi connectivity index (χ1v) is 12.2. The number of rotatable bonds is 9. The van der Waals surface area contributed by atoms with Crippen molar-refractivity contribution in [2.75, 3.05) is 13.2 Å². The fourth-order valence-electron chi connectivity index (χ4n) is 3.97. The quantitative estimate of drug-likeness (QED) is 0.474. The summed E-state index contributed by atoms with van der Waals surface area (Å²) in [6.45, 7) is 10.7. The number of fused-ring (bicyclic) bond motifs is 1. The fourth-order valence-corrected chi connectivity index (χ4v) is 3.97. The smallest absolute Gasteiger partial charge is 0.331 e. The lowest BCUT2D eigenvalue weighted by Gasteiger charge is -2.34. The van der Waals surface area contributed by atoms with Gasteiger partial charge in [-0.05, 0) is 60.6 Å². The average molecular weight is 481 g/mol. The fraction of sp³-hybridized carbons (Fsp3) is 0.464. The van der Waals surface area contributed by atoms with Crippen LogP contribution in [0.15, 0.2) is 40.8 Å². The number of carbonyl (C=O) groups excluding carboxylic acids is 1. The van der Waals surface area contributed by atoms with Crippen LogP contribution in [-0.2, 0) is 22.4 Å². The van der Waals surface area contributed by atoms with Crippen molar-refractivity contribution in [3.8, 4) is 5.75 Å². The van der Waals surface area contributed by atoms with Crippen molar-refractivity contribution in [1.82, 2.24) is 9.88 Å². The Morgan fingerprint density at radius 3 is 2.77 bits per heavy atom. The molecule has 0 saturated heterocycles. The van der Waals surface area contributed by atoms with Gasteiger partial charge < -0.3 is 19.2 Å². The van der Waals surface area contributed by atoms with Gasteiger partial charge in [0.25, 0.3) is 0 Å². The SMILES string of the molecule is CCCC=Cc1nc(CCOc2ccc3c(c2)C(C(=O)O)N(C(=O)C=CC(C)(C)C)CC3)c(C)o1. The van der Waals surface area contributed by atoms with Crippen molar-refractivity contribution < 1.29 is 23.8 Å². The largest absolute Gasteiger partial charge is 0.493 e. The molecule has 1 unspecified atom stereocenters. The first kappa shape index (κ1) is 26.3. The van der Waals surface area contributed by atoms with Gasteiger partial charge in [-0.2, -0.15) is 0 Å². The van der Waals surface area contributed by atoms with Gasteiger partial charge in [0, 0.05) is 13.0 Å². The lowest BCUT2D eigenvalue weighted by Crippen LogP contribution is -2.43. The van der Waals surface area contributed by atoms with Crippen LogP contribution >= 0.6 is 0 Å². The van der Waals surface area contributed by atoms with Crippen molar-refractivity contribution in [3.05, 3.63) is 64.9 Å². The third kappa shape index (κ3) is 7.07. The van der Waals surface area contributed by atoms with Gasteiger partial charge in [0.1, 0.15) is 11.5 Å². The predicted molar refractivity (Wildman–Crippen MR) is 135 cm³/mol. The molecule has 0 aliphatic carbocycles. The Morgan fingerprint density at radius 1 is 1.31 bits per heavy atom. The Balaban J connectivity index is 1.71. The molecular weight excluding hydrogens is 444 g/mol. The van der Waals surface area contributed by atoms with E-state index in [4.69, 9.17) is 9.15 Å². The lowest BCUT2D eigenvalue weighted by molar-refractivity contribution is -0.149. The molecule has 7 heteroatoms. The number of benzene rings is 1. The van der Waals surface area contributed by atoms with E-state index in [2.05, 4.69) is 11.9 Å². The van der Waals surface area contributed by atoms with Crippen LogP contribution in [0.4, 0.5) is 0 Å². The summed E-state index contributed by atoms with van der Waals surface area (Å²) < 4.78 is 11.6. The first-order chi connectivity index (χ1) is 16.6. The number of allylic oxidation sites excluding steroid dienone is 2. The molecule has 2 heterocycles. The van der Waals surface area contributed by atoms with Gasteiger partial charge >= 0.3 is 5.97 Å². The number of unbranched alkanes of at least 4 members (excludes halogenated alkanes) is 1. The van der Waals surface area contributed by atoms with E-state index >= 15 is 0 Å². The summed E-state index contributed by atoms with van der Waals surface area (Å²) >= 11 is 0. The number of aromatic nitrogens is 1. The molecule has 0 radical (unpaired) electrons. The van der Waals surface area contributed by atoms with Crippen molar-refractivity contribution in [1.29, 1.82) is 0 Å². The number of carboxylic acids is 1. The molecule has 1 atom stereocenters. The zero-order valence-electron chi connectivity index (χ0n) is 21.3. The molecule has 7 nitrogen and oxygen atoms in total. The molecule has 1 N–H and O–H groups in total. The maximum Gasteiger partial charge on any atom is 0.331 e. The molecule has 0 bridgehead atoms. The Morgan fingerprint density at radius 2 is 2.09 bits per heavy atom. The summed E-state index contributed by atoms with van der Waals surface area (Å²) in [4.78, 5) is 31.0. The Labute approximate surface area is 207 Å². The normalized spacial score (nSPS) is 16.1. The van der Waals surface area contributed by atoms with Crippen LogP contribution in [0.5, 0.6) is 5.75 Å². The third-order valence-electron chi connectivity index (χ3n) is 5.82. The molecule has 1 aliphatic heterocycles. The molecule has 0 saturated carbocycles. The van der Waals surface area contributed by atoms with Crippen LogP contribution in [0.2, 0.25) is 0 Å². The second-order valence-electron chi connectivity index (χ2n) is 9.93. The summed E-state index contributed by atoms with van der Waals surface area (Å²) in [5.41, 5.74) is 2.19. The van der Waals surface area contributed by atoms with E-state index in [1.165, 1.54) is 11.0 Å². The van der Waals surface area contributed by atoms with Gasteiger partial charge in [0.05, 0.1) is 12.3 Å². The van der Waals surface area contributed by atoms with Crippen molar-refractivity contribution in [2.45, 2.75) is 66.3 Å². The van der Waals surface area contributed by atoms with Gasteiger partial charge in [0.15, 0.2) is 6.04 Å². The number of hydrogen-bond donors (Lipinski definition) is 1. The number of amides is 1. The minimum atomic E-state index is -1.05. The van der Waals surface area contributed by atoms with Gasteiger partial charge in [-0.15, -0.1) is 0 Å². The van der Waals surface area contributed by atoms with Gasteiger partial charge in [-0.3, -0.25) is 4.79 Å². The zero-order valence-corrected chi connectivity index (χ0v) is 21.3. The summed E-state index contributed by atoms with van der Waals surface area (Å²) in [6.07, 6.45) is 10.4. The van der Waals surface area contributed by atoms with E-state index in [9.17, 15) is 14.7 Å². The van der Waals surface area contributed by atoms with E-state index in [0.29, 0.717) is 43.2 Å². The molecular formula is C28H36N2O5. The Kier molecular flexibility index (Phi) is 8.54. The first-order valence-electron chi connectivity index (χ1n) is 12.2. The molecule has 2 aromatic rings. The highest BCUT2D eigenvalue weighted by atomic mass is 16.5. The number of aryl methyl sites for hydroxylation is 1. The predicted octanol–water partition coefficient (Wildman–Crippen LogP) is 5.53. The second-order valence-corrected chi connectivity index (χ2v) is 9.93. The van der Waals surface area contributed by atoms with Crippen molar-refractivity contribution >= 4 is 18.0 Å². The second kappa shape index (κ2) is 11.4. The van der Waals surface area contributed by atoms with Gasteiger partial charge in [-0.25, -0.2) is 9.78 Å². The molecule has 188 valence electrons. The minimum Gasteiger partial charge on any atom is -0.493 e. The Hall–Kier alpha value is -3.35. The maximum atomic E-state index is 12.8. The number of aliphatic carboxylic acids is 1. The van der Waals surface area contributed by atoms with Crippen LogP contribution in [0.1, 0.15) is 75.1 Å². The molecule has 1 aromatic heterocycles. The molecule has 1 amide bonds. The maximum absolute atomic E-state index is 12.8. The highest BCUT2D eigenvalue weighted by Gasteiger charge is 2.35. The van der Waals surface area contributed by atoms with Gasteiger partial charge in [-0.1, -0.05) is 52.3 Å². The van der Waals surface area contributed by atoms with Crippen LogP contribution < -0.4 is 4.74 Å². The molecule has 3 rings (SSSR count). The summed E-state index contributed by atoms with van der Waals surface area (Å²) in [5, 5.41) is 9.98. The van der Waals surface area contributed by atoms with Crippen molar-refractivity contribution in [3.63, 3.8) is 0 Å². The van der Waals surface area contributed by atoms with E-state index in [1.54, 1.807) is 12.1 Å². The van der Waals surface area contributed by atoms with Crippen LogP contribution in [0.25, 0.3) is 6.08 Å². The highest BCUT2D eigenvalue weighted by molar-refractivity contribution is 5.92. The van der Waals surface area contributed by atoms with E-state index in [0.717, 1.165) is 29.9 Å². The van der Waals surface area contributed by atoms with Crippen LogP contribution in [0.3, 0.4) is 0 Å². The highest BCUT2D eigenvalue weighted by Crippen LogP contribution is 2.33. The van der Waals surface area contributed by atoms with Gasteiger partial charge in [0.2, 0.25) is 11.8 Å². The molecule has 0 fully saturated rings. The summed E-state index contributed by atoms with van der Waals surface area (Å²) in [7, 11) is 0. The van der Waals surface area contributed by atoms with Crippen molar-refractivity contribution in [2.24, 2.45) is 5.41 Å². The summed E-state index contributed by atoms with van der Waals surface area (Å²) in [6, 6.07) is 4.44. The zero-order chi connectivity index (χ0) is 25.6. The lowest BCUT2D eigenvalue weighted by atomic mass is 9.91. The number of oxazole rings is 1. The van der Waals surface area contributed by atoms with E-state index in [-0.39, 0.29) is 11.3 Å². The average Bonchev–Trinajstić information content (AvgIpc) is 3.15. The minimum absolute atomic E-state index is 0.169. The van der Waals surface area contributed by atoms with Crippen LogP contribution in [-0.4, -0.2) is 40.0 Å².